The fourth-order valence-electron chi connectivity index (χ4n) is 3.13. The maximum absolute atomic E-state index is 11.1. The van der Waals surface area contributed by atoms with Gasteiger partial charge in [-0.05, 0) is 48.7 Å². The highest BCUT2D eigenvalue weighted by Gasteiger charge is 2.16. The minimum atomic E-state index is -0.490. The van der Waals surface area contributed by atoms with E-state index < -0.39 is 5.91 Å². The zero-order valence-corrected chi connectivity index (χ0v) is 14.7. The van der Waals surface area contributed by atoms with E-state index in [1.165, 1.54) is 43.1 Å². The molecule has 0 radical (unpaired) electrons. The van der Waals surface area contributed by atoms with Gasteiger partial charge in [-0.3, -0.25) is 9.69 Å². The van der Waals surface area contributed by atoms with E-state index in [1.807, 2.05) is 6.07 Å². The SMILES string of the molecule is CCCCCN1CCc2cc(Oc3ccc(C(N)=O)cn3)ccc2C1. The molecule has 1 aromatic carbocycles. The summed E-state index contributed by atoms with van der Waals surface area (Å²) in [5, 5.41) is 0. The Bertz CT molecular complexity index is 728. The van der Waals surface area contributed by atoms with Gasteiger partial charge in [-0.2, -0.15) is 0 Å². The van der Waals surface area contributed by atoms with Crippen LogP contribution in [-0.2, 0) is 13.0 Å². The molecule has 1 aliphatic heterocycles. The molecule has 0 aliphatic carbocycles. The normalized spacial score (nSPS) is 14.1. The number of hydrogen-bond donors (Lipinski definition) is 1. The average Bonchev–Trinajstić information content (AvgIpc) is 2.62. The van der Waals surface area contributed by atoms with E-state index in [1.54, 1.807) is 12.1 Å². The molecular weight excluding hydrogens is 314 g/mol. The first-order chi connectivity index (χ1) is 12.2. The van der Waals surface area contributed by atoms with Gasteiger partial charge in [-0.25, -0.2) is 4.98 Å². The van der Waals surface area contributed by atoms with Crippen molar-refractivity contribution in [2.24, 2.45) is 5.73 Å². The zero-order chi connectivity index (χ0) is 17.6. The summed E-state index contributed by atoms with van der Waals surface area (Å²) in [6, 6.07) is 9.52. The molecule has 1 aliphatic rings. The molecule has 2 heterocycles. The number of amides is 1. The molecule has 5 nitrogen and oxygen atoms in total. The Labute approximate surface area is 148 Å². The van der Waals surface area contributed by atoms with Crippen molar-refractivity contribution < 1.29 is 9.53 Å². The molecule has 5 heteroatoms. The molecule has 2 N–H and O–H groups in total. The number of primary amides is 1. The van der Waals surface area contributed by atoms with Crippen LogP contribution in [0.25, 0.3) is 0 Å². The van der Waals surface area contributed by atoms with Crippen molar-refractivity contribution in [3.05, 3.63) is 53.2 Å². The molecule has 2 aromatic rings. The van der Waals surface area contributed by atoms with Crippen LogP contribution in [-0.4, -0.2) is 28.9 Å². The lowest BCUT2D eigenvalue weighted by atomic mass is 9.99. The first-order valence-corrected chi connectivity index (χ1v) is 8.93. The van der Waals surface area contributed by atoms with Crippen LogP contribution in [0, 0.1) is 0 Å². The summed E-state index contributed by atoms with van der Waals surface area (Å²) in [4.78, 5) is 17.7. The number of pyridine rings is 1. The Morgan fingerprint density at radius 1 is 1.24 bits per heavy atom. The number of aromatic nitrogens is 1. The smallest absolute Gasteiger partial charge is 0.250 e. The number of rotatable bonds is 7. The molecule has 0 fully saturated rings. The summed E-state index contributed by atoms with van der Waals surface area (Å²) >= 11 is 0. The Kier molecular flexibility index (Phi) is 5.66. The van der Waals surface area contributed by atoms with Gasteiger partial charge in [-0.1, -0.05) is 25.8 Å². The average molecular weight is 339 g/mol. The molecule has 0 atom stereocenters. The molecular formula is C20H25N3O2. The van der Waals surface area contributed by atoms with E-state index in [4.69, 9.17) is 10.5 Å². The number of fused-ring (bicyclic) bond motifs is 1. The van der Waals surface area contributed by atoms with Gasteiger partial charge in [0.05, 0.1) is 5.56 Å². The summed E-state index contributed by atoms with van der Waals surface area (Å²) in [7, 11) is 0. The highest BCUT2D eigenvalue weighted by molar-refractivity contribution is 5.92. The summed E-state index contributed by atoms with van der Waals surface area (Å²) in [5.74, 6) is 0.746. The van der Waals surface area contributed by atoms with Crippen molar-refractivity contribution in [3.8, 4) is 11.6 Å². The van der Waals surface area contributed by atoms with Crippen molar-refractivity contribution in [2.45, 2.75) is 39.2 Å². The third-order valence-electron chi connectivity index (χ3n) is 4.59. The Morgan fingerprint density at radius 2 is 2.12 bits per heavy atom. The van der Waals surface area contributed by atoms with Gasteiger partial charge in [0.1, 0.15) is 5.75 Å². The van der Waals surface area contributed by atoms with Gasteiger partial charge in [-0.15, -0.1) is 0 Å². The number of unbranched alkanes of at least 4 members (excludes halogenated alkanes) is 2. The molecule has 0 spiro atoms. The second kappa shape index (κ2) is 8.12. The fourth-order valence-corrected chi connectivity index (χ4v) is 3.13. The minimum Gasteiger partial charge on any atom is -0.439 e. The van der Waals surface area contributed by atoms with Gasteiger partial charge in [0, 0.05) is 25.4 Å². The predicted octanol–water partition coefficient (Wildman–Crippen LogP) is 3.52. The fraction of sp³-hybridized carbons (Fsp3) is 0.400. The lowest BCUT2D eigenvalue weighted by molar-refractivity contribution is 0.1000. The van der Waals surface area contributed by atoms with Crippen LogP contribution < -0.4 is 10.5 Å². The number of nitrogens with zero attached hydrogens (tertiary/aromatic N) is 2. The monoisotopic (exact) mass is 339 g/mol. The first kappa shape index (κ1) is 17.4. The third kappa shape index (κ3) is 4.57. The van der Waals surface area contributed by atoms with Crippen molar-refractivity contribution in [3.63, 3.8) is 0 Å². The summed E-state index contributed by atoms with van der Waals surface area (Å²) in [6.45, 7) is 5.54. The number of benzene rings is 1. The van der Waals surface area contributed by atoms with Crippen LogP contribution in [0.15, 0.2) is 36.5 Å². The molecule has 0 saturated heterocycles. The predicted molar refractivity (Wildman–Crippen MR) is 97.8 cm³/mol. The van der Waals surface area contributed by atoms with Crippen molar-refractivity contribution in [2.75, 3.05) is 13.1 Å². The molecule has 0 saturated carbocycles. The highest BCUT2D eigenvalue weighted by Crippen LogP contribution is 2.26. The molecule has 1 amide bonds. The van der Waals surface area contributed by atoms with E-state index in [0.29, 0.717) is 11.4 Å². The molecule has 132 valence electrons. The van der Waals surface area contributed by atoms with Crippen molar-refractivity contribution >= 4 is 5.91 Å². The Morgan fingerprint density at radius 3 is 2.84 bits per heavy atom. The van der Waals surface area contributed by atoms with Gasteiger partial charge in [0.15, 0.2) is 0 Å². The number of hydrogen-bond acceptors (Lipinski definition) is 4. The molecule has 3 rings (SSSR count). The first-order valence-electron chi connectivity index (χ1n) is 8.93. The van der Waals surface area contributed by atoms with Crippen LogP contribution in [0.5, 0.6) is 11.6 Å². The van der Waals surface area contributed by atoms with E-state index in [0.717, 1.165) is 25.3 Å². The quantitative estimate of drug-likeness (QED) is 0.784. The number of carbonyl (C=O) groups is 1. The summed E-state index contributed by atoms with van der Waals surface area (Å²) in [6.07, 6.45) is 6.33. The van der Waals surface area contributed by atoms with E-state index in [9.17, 15) is 4.79 Å². The lowest BCUT2D eigenvalue weighted by Crippen LogP contribution is -2.31. The Balaban J connectivity index is 1.63. The minimum absolute atomic E-state index is 0.376. The van der Waals surface area contributed by atoms with Crippen molar-refractivity contribution in [1.82, 2.24) is 9.88 Å². The summed E-state index contributed by atoms with van der Waals surface area (Å²) < 4.78 is 5.81. The zero-order valence-electron chi connectivity index (χ0n) is 14.7. The largest absolute Gasteiger partial charge is 0.439 e. The van der Waals surface area contributed by atoms with E-state index in [-0.39, 0.29) is 0 Å². The van der Waals surface area contributed by atoms with Crippen LogP contribution >= 0.6 is 0 Å². The second-order valence-corrected chi connectivity index (χ2v) is 6.52. The van der Waals surface area contributed by atoms with Gasteiger partial charge in [0.2, 0.25) is 11.8 Å². The second-order valence-electron chi connectivity index (χ2n) is 6.52. The lowest BCUT2D eigenvalue weighted by Gasteiger charge is -2.29. The molecule has 1 aromatic heterocycles. The van der Waals surface area contributed by atoms with Crippen molar-refractivity contribution in [1.29, 1.82) is 0 Å². The van der Waals surface area contributed by atoms with Gasteiger partial charge < -0.3 is 10.5 Å². The number of ether oxygens (including phenoxy) is 1. The van der Waals surface area contributed by atoms with Crippen LogP contribution in [0.3, 0.4) is 0 Å². The topological polar surface area (TPSA) is 68.5 Å². The highest BCUT2D eigenvalue weighted by atomic mass is 16.5. The third-order valence-corrected chi connectivity index (χ3v) is 4.59. The van der Waals surface area contributed by atoms with Crippen LogP contribution in [0.2, 0.25) is 0 Å². The standard InChI is InChI=1S/C20H25N3O2/c1-2-3-4-10-23-11-9-15-12-18(7-5-17(15)14-23)25-19-8-6-16(13-22-19)20(21)24/h5-8,12-13H,2-4,9-11,14H2,1H3,(H2,21,24). The van der Waals surface area contributed by atoms with Gasteiger partial charge in [0.25, 0.3) is 0 Å². The summed E-state index contributed by atoms with van der Waals surface area (Å²) in [5.41, 5.74) is 8.32. The van der Waals surface area contributed by atoms with E-state index in [2.05, 4.69) is 28.9 Å². The maximum atomic E-state index is 11.1. The Hall–Kier alpha value is -2.40. The van der Waals surface area contributed by atoms with Crippen LogP contribution in [0.4, 0.5) is 0 Å². The van der Waals surface area contributed by atoms with Crippen LogP contribution in [0.1, 0.15) is 47.7 Å². The number of nitrogens with two attached hydrogens (primary N) is 1. The van der Waals surface area contributed by atoms with Gasteiger partial charge >= 0.3 is 0 Å². The van der Waals surface area contributed by atoms with E-state index >= 15 is 0 Å². The molecule has 0 bridgehead atoms. The number of carbonyl (C=O) groups excluding carboxylic acids is 1. The molecule has 0 unspecified atom stereocenters. The molecule has 25 heavy (non-hydrogen) atoms. The maximum Gasteiger partial charge on any atom is 0.250 e.